The molecule has 1 rings (SSSR count). The van der Waals surface area contributed by atoms with Gasteiger partial charge in [-0.15, -0.1) is 0 Å². The van der Waals surface area contributed by atoms with Crippen LogP contribution in [0.2, 0.25) is 0 Å². The lowest BCUT2D eigenvalue weighted by Gasteiger charge is -2.25. The fourth-order valence-electron chi connectivity index (χ4n) is 1.95. The molecular weight excluding hydrogens is 252 g/mol. The van der Waals surface area contributed by atoms with Crippen molar-refractivity contribution in [2.75, 3.05) is 13.2 Å². The van der Waals surface area contributed by atoms with Gasteiger partial charge in [-0.25, -0.2) is 0 Å². The van der Waals surface area contributed by atoms with Gasteiger partial charge in [0.25, 0.3) is 0 Å². The first kappa shape index (κ1) is 16.0. The van der Waals surface area contributed by atoms with Gasteiger partial charge in [0.15, 0.2) is 0 Å². The summed E-state index contributed by atoms with van der Waals surface area (Å²) in [5.74, 6) is 0.814. The number of aryl methyl sites for hydroxylation is 1. The Hall–Kier alpha value is -2.02. The van der Waals surface area contributed by atoms with Crippen LogP contribution in [0.25, 0.3) is 0 Å². The van der Waals surface area contributed by atoms with Crippen molar-refractivity contribution in [2.24, 2.45) is 0 Å². The first-order valence-corrected chi connectivity index (χ1v) is 6.90. The predicted octanol–water partition coefficient (Wildman–Crippen LogP) is 2.91. The van der Waals surface area contributed by atoms with E-state index in [1.165, 1.54) is 0 Å². The molecule has 0 saturated heterocycles. The molecule has 0 heterocycles. The topological polar surface area (TPSA) is 53.3 Å². The van der Waals surface area contributed by atoms with Crippen LogP contribution in [0, 0.1) is 18.3 Å². The van der Waals surface area contributed by atoms with Crippen molar-refractivity contribution in [3.8, 4) is 11.8 Å². The van der Waals surface area contributed by atoms with Crippen LogP contribution in [0.5, 0.6) is 5.75 Å². The minimum absolute atomic E-state index is 0.0305. The number of hydrogen-bond acceptors (Lipinski definition) is 3. The molecule has 0 aliphatic carbocycles. The summed E-state index contributed by atoms with van der Waals surface area (Å²) in [6.45, 7) is 6.75. The van der Waals surface area contributed by atoms with Gasteiger partial charge in [-0.3, -0.25) is 4.79 Å². The number of carbonyl (C=O) groups is 1. The molecule has 0 saturated carbocycles. The van der Waals surface area contributed by atoms with Gasteiger partial charge in [0, 0.05) is 12.6 Å². The number of amides is 1. The van der Waals surface area contributed by atoms with E-state index in [1.54, 1.807) is 4.90 Å². The van der Waals surface area contributed by atoms with Gasteiger partial charge in [-0.05, 0) is 38.5 Å². The Morgan fingerprint density at radius 2 is 2.20 bits per heavy atom. The molecule has 4 nitrogen and oxygen atoms in total. The molecule has 0 aromatic heterocycles. The lowest BCUT2D eigenvalue weighted by atomic mass is 10.2. The molecule has 1 aromatic carbocycles. The Kier molecular flexibility index (Phi) is 6.58. The molecular formula is C16H22N2O2. The van der Waals surface area contributed by atoms with Crippen LogP contribution in [0.1, 0.15) is 32.3 Å². The van der Waals surface area contributed by atoms with E-state index < -0.39 is 0 Å². The molecule has 1 amide bonds. The molecule has 1 aromatic rings. The van der Waals surface area contributed by atoms with Gasteiger partial charge in [-0.1, -0.05) is 12.1 Å². The minimum Gasteiger partial charge on any atom is -0.493 e. The molecule has 0 aliphatic rings. The van der Waals surface area contributed by atoms with E-state index in [9.17, 15) is 4.79 Å². The Bertz CT molecular complexity index is 478. The molecule has 0 unspecified atom stereocenters. The van der Waals surface area contributed by atoms with Gasteiger partial charge in [0.1, 0.15) is 5.75 Å². The maximum atomic E-state index is 12.1. The second kappa shape index (κ2) is 8.21. The van der Waals surface area contributed by atoms with Gasteiger partial charge in [0.2, 0.25) is 5.91 Å². The maximum Gasteiger partial charge on any atom is 0.226 e. The monoisotopic (exact) mass is 274 g/mol. The van der Waals surface area contributed by atoms with Crippen LogP contribution in [0.3, 0.4) is 0 Å². The van der Waals surface area contributed by atoms with Crippen molar-refractivity contribution >= 4 is 5.91 Å². The lowest BCUT2D eigenvalue weighted by Crippen LogP contribution is -2.38. The van der Waals surface area contributed by atoms with Gasteiger partial charge < -0.3 is 9.64 Å². The Morgan fingerprint density at radius 1 is 1.45 bits per heavy atom. The molecule has 0 aliphatic heterocycles. The number of carbonyl (C=O) groups excluding carboxylic acids is 1. The number of benzene rings is 1. The van der Waals surface area contributed by atoms with Crippen LogP contribution in [-0.4, -0.2) is 30.0 Å². The van der Waals surface area contributed by atoms with Crippen LogP contribution < -0.4 is 4.74 Å². The Labute approximate surface area is 121 Å². The normalized spacial score (nSPS) is 10.2. The summed E-state index contributed by atoms with van der Waals surface area (Å²) in [5, 5.41) is 8.62. The average molecular weight is 274 g/mol. The molecule has 0 N–H and O–H groups in total. The van der Waals surface area contributed by atoms with E-state index in [0.29, 0.717) is 26.0 Å². The molecule has 0 spiro atoms. The molecule has 4 heteroatoms. The summed E-state index contributed by atoms with van der Waals surface area (Å²) in [6, 6.07) is 9.94. The molecule has 0 bridgehead atoms. The molecule has 20 heavy (non-hydrogen) atoms. The summed E-state index contributed by atoms with van der Waals surface area (Å²) < 4.78 is 5.58. The summed E-state index contributed by atoms with van der Waals surface area (Å²) in [7, 11) is 0. The zero-order valence-corrected chi connectivity index (χ0v) is 12.4. The van der Waals surface area contributed by atoms with Crippen molar-refractivity contribution in [1.82, 2.24) is 4.90 Å². The van der Waals surface area contributed by atoms with Gasteiger partial charge >= 0.3 is 0 Å². The lowest BCUT2D eigenvalue weighted by molar-refractivity contribution is -0.133. The minimum atomic E-state index is 0.0305. The van der Waals surface area contributed by atoms with Crippen LogP contribution in [-0.2, 0) is 4.79 Å². The SMILES string of the molecule is Cc1cccc(OCCC(=O)N(CCC#N)C(C)C)c1. The summed E-state index contributed by atoms with van der Waals surface area (Å²) in [5.41, 5.74) is 1.13. The van der Waals surface area contributed by atoms with Crippen LogP contribution in [0.15, 0.2) is 24.3 Å². The standard InChI is InChI=1S/C16H22N2O2/c1-13(2)18(10-5-9-17)16(19)8-11-20-15-7-4-6-14(3)12-15/h4,6-7,12-13H,5,8,10-11H2,1-3H3. The van der Waals surface area contributed by atoms with Crippen molar-refractivity contribution in [3.63, 3.8) is 0 Å². The van der Waals surface area contributed by atoms with Crippen molar-refractivity contribution in [3.05, 3.63) is 29.8 Å². The van der Waals surface area contributed by atoms with E-state index in [4.69, 9.17) is 10.00 Å². The number of nitrogens with zero attached hydrogens (tertiary/aromatic N) is 2. The van der Waals surface area contributed by atoms with Gasteiger partial charge in [0.05, 0.1) is 25.5 Å². The van der Waals surface area contributed by atoms with Crippen molar-refractivity contribution < 1.29 is 9.53 Å². The molecule has 0 fully saturated rings. The summed E-state index contributed by atoms with van der Waals surface area (Å²) in [6.07, 6.45) is 0.695. The van der Waals surface area contributed by atoms with Crippen molar-refractivity contribution in [2.45, 2.75) is 39.7 Å². The van der Waals surface area contributed by atoms with E-state index in [-0.39, 0.29) is 11.9 Å². The van der Waals surface area contributed by atoms with E-state index in [2.05, 4.69) is 6.07 Å². The molecule has 108 valence electrons. The van der Waals surface area contributed by atoms with E-state index in [0.717, 1.165) is 11.3 Å². The molecule has 0 radical (unpaired) electrons. The first-order valence-electron chi connectivity index (χ1n) is 6.90. The zero-order valence-electron chi connectivity index (χ0n) is 12.4. The van der Waals surface area contributed by atoms with E-state index >= 15 is 0 Å². The second-order valence-electron chi connectivity index (χ2n) is 5.00. The Morgan fingerprint density at radius 3 is 2.80 bits per heavy atom. The fourth-order valence-corrected chi connectivity index (χ4v) is 1.95. The summed E-state index contributed by atoms with van der Waals surface area (Å²) >= 11 is 0. The summed E-state index contributed by atoms with van der Waals surface area (Å²) in [4.78, 5) is 13.8. The van der Waals surface area contributed by atoms with Crippen molar-refractivity contribution in [1.29, 1.82) is 5.26 Å². The number of hydrogen-bond donors (Lipinski definition) is 0. The highest BCUT2D eigenvalue weighted by Crippen LogP contribution is 2.13. The number of nitriles is 1. The highest BCUT2D eigenvalue weighted by Gasteiger charge is 2.16. The Balaban J connectivity index is 2.43. The quantitative estimate of drug-likeness (QED) is 0.768. The predicted molar refractivity (Wildman–Crippen MR) is 78.4 cm³/mol. The first-order chi connectivity index (χ1) is 9.54. The maximum absolute atomic E-state index is 12.1. The fraction of sp³-hybridized carbons (Fsp3) is 0.500. The third kappa shape index (κ3) is 5.31. The average Bonchev–Trinajstić information content (AvgIpc) is 2.39. The molecule has 0 atom stereocenters. The van der Waals surface area contributed by atoms with Crippen LogP contribution >= 0.6 is 0 Å². The van der Waals surface area contributed by atoms with Gasteiger partial charge in [-0.2, -0.15) is 5.26 Å². The second-order valence-corrected chi connectivity index (χ2v) is 5.00. The number of rotatable bonds is 7. The van der Waals surface area contributed by atoms with E-state index in [1.807, 2.05) is 45.0 Å². The zero-order chi connectivity index (χ0) is 15.0. The van der Waals surface area contributed by atoms with Crippen LogP contribution in [0.4, 0.5) is 0 Å². The highest BCUT2D eigenvalue weighted by atomic mass is 16.5. The number of ether oxygens (including phenoxy) is 1. The largest absolute Gasteiger partial charge is 0.493 e. The third-order valence-electron chi connectivity index (χ3n) is 2.98. The smallest absolute Gasteiger partial charge is 0.226 e. The third-order valence-corrected chi connectivity index (χ3v) is 2.98. The highest BCUT2D eigenvalue weighted by molar-refractivity contribution is 5.76.